The third-order valence-corrected chi connectivity index (χ3v) is 6.18. The maximum atomic E-state index is 14.6. The van der Waals surface area contributed by atoms with Crippen LogP contribution in [-0.2, 0) is 10.3 Å². The van der Waals surface area contributed by atoms with Crippen LogP contribution in [0.15, 0.2) is 53.6 Å². The normalized spacial score (nSPS) is 19.3. The number of benzene rings is 2. The zero-order chi connectivity index (χ0) is 23.3. The Kier molecular flexibility index (Phi) is 7.77. The van der Waals surface area contributed by atoms with Crippen LogP contribution in [0.2, 0.25) is 0 Å². The van der Waals surface area contributed by atoms with E-state index in [1.807, 2.05) is 44.2 Å². The molecule has 0 fully saturated rings. The molecule has 2 aromatic carbocycles. The van der Waals surface area contributed by atoms with Gasteiger partial charge in [-0.1, -0.05) is 51.1 Å². The lowest BCUT2D eigenvalue weighted by Crippen LogP contribution is -2.52. The summed E-state index contributed by atoms with van der Waals surface area (Å²) in [5, 5.41) is 6.15. The maximum Gasteiger partial charge on any atom is 0.260 e. The first-order chi connectivity index (χ1) is 15.3. The molecule has 172 valence electrons. The summed E-state index contributed by atoms with van der Waals surface area (Å²) >= 11 is 0. The molecule has 6 heteroatoms. The standard InChI is InChI=1S/C26H33F2N3O/c1-5-15-30(16-6-2)24(7-3)25(32)31-26(4,19-11-9-8-10-12-19)18-23(29-31)21-17-20(27)13-14-22(21)28/h8-14,17,24H,5-7,15-16,18H2,1-4H3. The molecule has 32 heavy (non-hydrogen) atoms. The van der Waals surface area contributed by atoms with Crippen LogP contribution in [0.1, 0.15) is 64.5 Å². The lowest BCUT2D eigenvalue weighted by atomic mass is 9.85. The minimum atomic E-state index is -0.788. The fourth-order valence-electron chi connectivity index (χ4n) is 4.58. The zero-order valence-electron chi connectivity index (χ0n) is 19.4. The second-order valence-electron chi connectivity index (χ2n) is 8.60. The molecule has 0 spiro atoms. The number of carbonyl (C=O) groups excluding carboxylic acids is 1. The highest BCUT2D eigenvalue weighted by Crippen LogP contribution is 2.40. The Morgan fingerprint density at radius 3 is 2.34 bits per heavy atom. The number of hydrogen-bond acceptors (Lipinski definition) is 3. The van der Waals surface area contributed by atoms with Gasteiger partial charge in [-0.05, 0) is 63.0 Å². The van der Waals surface area contributed by atoms with E-state index in [2.05, 4.69) is 23.8 Å². The van der Waals surface area contributed by atoms with Gasteiger partial charge >= 0.3 is 0 Å². The van der Waals surface area contributed by atoms with Crippen molar-refractivity contribution < 1.29 is 13.6 Å². The van der Waals surface area contributed by atoms with Crippen molar-refractivity contribution >= 4 is 11.6 Å². The summed E-state index contributed by atoms with van der Waals surface area (Å²) in [6.07, 6.45) is 2.85. The molecule has 1 aliphatic heterocycles. The van der Waals surface area contributed by atoms with E-state index in [4.69, 9.17) is 0 Å². The number of rotatable bonds is 9. The Morgan fingerprint density at radius 2 is 1.75 bits per heavy atom. The molecule has 2 aromatic rings. The van der Waals surface area contributed by atoms with Crippen LogP contribution in [0.25, 0.3) is 0 Å². The first-order valence-electron chi connectivity index (χ1n) is 11.5. The Balaban J connectivity index is 2.07. The van der Waals surface area contributed by atoms with Gasteiger partial charge in [-0.15, -0.1) is 0 Å². The average Bonchev–Trinajstić information content (AvgIpc) is 3.15. The van der Waals surface area contributed by atoms with Crippen molar-refractivity contribution in [3.8, 4) is 0 Å². The molecular formula is C26H33F2N3O. The van der Waals surface area contributed by atoms with Crippen molar-refractivity contribution in [1.29, 1.82) is 0 Å². The summed E-state index contributed by atoms with van der Waals surface area (Å²) in [5.74, 6) is -1.17. The van der Waals surface area contributed by atoms with E-state index in [1.54, 1.807) is 0 Å². The Bertz CT molecular complexity index is 957. The van der Waals surface area contributed by atoms with Crippen LogP contribution in [0.4, 0.5) is 8.78 Å². The van der Waals surface area contributed by atoms with Crippen molar-refractivity contribution in [3.05, 3.63) is 71.3 Å². The van der Waals surface area contributed by atoms with Crippen molar-refractivity contribution in [2.24, 2.45) is 5.10 Å². The molecule has 0 radical (unpaired) electrons. The molecule has 4 nitrogen and oxygen atoms in total. The fraction of sp³-hybridized carbons (Fsp3) is 0.462. The lowest BCUT2D eigenvalue weighted by Gasteiger charge is -2.38. The summed E-state index contributed by atoms with van der Waals surface area (Å²) in [6, 6.07) is 12.7. The summed E-state index contributed by atoms with van der Waals surface area (Å²) < 4.78 is 28.5. The van der Waals surface area contributed by atoms with Crippen LogP contribution < -0.4 is 0 Å². The molecule has 0 aliphatic carbocycles. The van der Waals surface area contributed by atoms with Gasteiger partial charge in [0.1, 0.15) is 11.6 Å². The van der Waals surface area contributed by atoms with Gasteiger partial charge in [0.25, 0.3) is 5.91 Å². The van der Waals surface area contributed by atoms with Crippen LogP contribution in [0.3, 0.4) is 0 Å². The first-order valence-corrected chi connectivity index (χ1v) is 11.5. The van der Waals surface area contributed by atoms with Crippen molar-refractivity contribution in [2.45, 2.75) is 65.0 Å². The number of amides is 1. The third kappa shape index (κ3) is 4.75. The van der Waals surface area contributed by atoms with Gasteiger partial charge in [0.2, 0.25) is 0 Å². The molecule has 0 bridgehead atoms. The molecule has 1 amide bonds. The minimum Gasteiger partial charge on any atom is -0.292 e. The lowest BCUT2D eigenvalue weighted by molar-refractivity contribution is -0.142. The smallest absolute Gasteiger partial charge is 0.260 e. The van der Waals surface area contributed by atoms with E-state index < -0.39 is 17.2 Å². The van der Waals surface area contributed by atoms with Crippen LogP contribution in [0, 0.1) is 11.6 Å². The van der Waals surface area contributed by atoms with Crippen molar-refractivity contribution in [3.63, 3.8) is 0 Å². The summed E-state index contributed by atoms with van der Waals surface area (Å²) in [5.41, 5.74) is 0.615. The molecule has 0 aromatic heterocycles. The SMILES string of the molecule is CCCN(CCC)C(CC)C(=O)N1N=C(c2cc(F)ccc2F)CC1(C)c1ccccc1. The number of hydrazone groups is 1. The predicted molar refractivity (Wildman–Crippen MR) is 124 cm³/mol. The van der Waals surface area contributed by atoms with Crippen molar-refractivity contribution in [2.75, 3.05) is 13.1 Å². The summed E-state index contributed by atoms with van der Waals surface area (Å²) in [4.78, 5) is 16.1. The number of carbonyl (C=O) groups is 1. The number of hydrogen-bond donors (Lipinski definition) is 0. The molecule has 0 saturated carbocycles. The summed E-state index contributed by atoms with van der Waals surface area (Å²) in [7, 11) is 0. The van der Waals surface area contributed by atoms with Gasteiger partial charge < -0.3 is 0 Å². The molecule has 0 N–H and O–H groups in total. The molecule has 0 saturated heterocycles. The van der Waals surface area contributed by atoms with E-state index in [9.17, 15) is 13.6 Å². The van der Waals surface area contributed by atoms with Gasteiger partial charge in [0, 0.05) is 12.0 Å². The van der Waals surface area contributed by atoms with E-state index in [0.29, 0.717) is 18.6 Å². The predicted octanol–water partition coefficient (Wildman–Crippen LogP) is 5.72. The largest absolute Gasteiger partial charge is 0.292 e. The highest BCUT2D eigenvalue weighted by molar-refractivity contribution is 6.04. The Labute approximate surface area is 189 Å². The topological polar surface area (TPSA) is 35.9 Å². The fourth-order valence-corrected chi connectivity index (χ4v) is 4.58. The van der Waals surface area contributed by atoms with Gasteiger partial charge in [0.15, 0.2) is 0 Å². The van der Waals surface area contributed by atoms with Crippen molar-refractivity contribution in [1.82, 2.24) is 9.91 Å². The molecule has 1 aliphatic rings. The monoisotopic (exact) mass is 441 g/mol. The van der Waals surface area contributed by atoms with Crippen LogP contribution in [0.5, 0.6) is 0 Å². The van der Waals surface area contributed by atoms with E-state index in [0.717, 1.165) is 49.7 Å². The average molecular weight is 442 g/mol. The minimum absolute atomic E-state index is 0.104. The van der Waals surface area contributed by atoms with Gasteiger partial charge in [-0.25, -0.2) is 13.8 Å². The number of halogens is 2. The molecular weight excluding hydrogens is 408 g/mol. The maximum absolute atomic E-state index is 14.6. The van der Waals surface area contributed by atoms with Crippen LogP contribution >= 0.6 is 0 Å². The second kappa shape index (κ2) is 10.3. The molecule has 2 atom stereocenters. The van der Waals surface area contributed by atoms with E-state index in [1.165, 1.54) is 5.01 Å². The van der Waals surface area contributed by atoms with E-state index in [-0.39, 0.29) is 17.5 Å². The zero-order valence-corrected chi connectivity index (χ0v) is 19.4. The first kappa shape index (κ1) is 24.1. The second-order valence-corrected chi connectivity index (χ2v) is 8.60. The molecule has 2 unspecified atom stereocenters. The Morgan fingerprint density at radius 1 is 1.09 bits per heavy atom. The summed E-state index contributed by atoms with van der Waals surface area (Å²) in [6.45, 7) is 9.81. The Hall–Kier alpha value is -2.60. The van der Waals surface area contributed by atoms with Gasteiger partial charge in [-0.2, -0.15) is 5.10 Å². The van der Waals surface area contributed by atoms with Gasteiger partial charge in [-0.3, -0.25) is 9.69 Å². The van der Waals surface area contributed by atoms with Crippen LogP contribution in [-0.4, -0.2) is 40.7 Å². The highest BCUT2D eigenvalue weighted by Gasteiger charge is 2.46. The number of nitrogens with zero attached hydrogens (tertiary/aromatic N) is 3. The molecule has 3 rings (SSSR count). The quantitative estimate of drug-likeness (QED) is 0.499. The highest BCUT2D eigenvalue weighted by atomic mass is 19.1. The molecule has 1 heterocycles. The van der Waals surface area contributed by atoms with E-state index >= 15 is 0 Å². The third-order valence-electron chi connectivity index (χ3n) is 6.18. The van der Waals surface area contributed by atoms with Gasteiger partial charge in [0.05, 0.1) is 17.3 Å².